The van der Waals surface area contributed by atoms with Gasteiger partial charge in [-0.1, -0.05) is 12.1 Å². The van der Waals surface area contributed by atoms with Gasteiger partial charge in [0.15, 0.2) is 0 Å². The van der Waals surface area contributed by atoms with Crippen LogP contribution in [0, 0.1) is 17.7 Å². The third kappa shape index (κ3) is 7.11. The van der Waals surface area contributed by atoms with Crippen molar-refractivity contribution in [3.05, 3.63) is 70.5 Å². The standard InChI is InChI=1S/C28H30F7NO3/c1-16(20-11-21(27(30,31)32)13-22(12-20)28(33,34)35)39-24-9-6-18(25(24)17-4-7-23(29)8-5-17)14-36-10-2-3-19(15-36)26(37)38/h4-5,7-8,11-13,16,18-19,24-25H,2-3,6,9-10,14-15H2,1H3,(H,37,38)/t16-,18?,19-,24?,25?/m1/s1. The zero-order valence-corrected chi connectivity index (χ0v) is 21.2. The summed E-state index contributed by atoms with van der Waals surface area (Å²) in [5, 5.41) is 9.44. The first kappa shape index (κ1) is 29.3. The Morgan fingerprint density at radius 3 is 2.18 bits per heavy atom. The minimum Gasteiger partial charge on any atom is -0.481 e. The summed E-state index contributed by atoms with van der Waals surface area (Å²) in [6, 6.07) is 7.28. The summed E-state index contributed by atoms with van der Waals surface area (Å²) in [5.41, 5.74) is -2.29. The molecule has 4 nitrogen and oxygen atoms in total. The molecule has 1 saturated heterocycles. The molecule has 4 rings (SSSR count). The monoisotopic (exact) mass is 561 g/mol. The third-order valence-corrected chi connectivity index (χ3v) is 7.79. The summed E-state index contributed by atoms with van der Waals surface area (Å²) >= 11 is 0. The van der Waals surface area contributed by atoms with Crippen molar-refractivity contribution >= 4 is 5.97 Å². The largest absolute Gasteiger partial charge is 0.481 e. The molecule has 0 bridgehead atoms. The lowest BCUT2D eigenvalue weighted by atomic mass is 9.86. The zero-order valence-electron chi connectivity index (χ0n) is 21.2. The van der Waals surface area contributed by atoms with Crippen molar-refractivity contribution in [2.24, 2.45) is 11.8 Å². The summed E-state index contributed by atoms with van der Waals surface area (Å²) in [4.78, 5) is 13.6. The van der Waals surface area contributed by atoms with E-state index >= 15 is 0 Å². The number of hydrogen-bond acceptors (Lipinski definition) is 3. The maximum atomic E-state index is 13.7. The van der Waals surface area contributed by atoms with Crippen molar-refractivity contribution in [1.29, 1.82) is 0 Å². The van der Waals surface area contributed by atoms with Gasteiger partial charge in [-0.05, 0) is 86.5 Å². The van der Waals surface area contributed by atoms with Crippen LogP contribution in [0.25, 0.3) is 0 Å². The molecule has 0 spiro atoms. The van der Waals surface area contributed by atoms with E-state index in [1.807, 2.05) is 0 Å². The van der Waals surface area contributed by atoms with Gasteiger partial charge in [-0.15, -0.1) is 0 Å². The van der Waals surface area contributed by atoms with Gasteiger partial charge < -0.3 is 14.7 Å². The fourth-order valence-corrected chi connectivity index (χ4v) is 5.88. The lowest BCUT2D eigenvalue weighted by Gasteiger charge is -2.35. The Labute approximate surface area is 221 Å². The lowest BCUT2D eigenvalue weighted by molar-refractivity contribution is -0.144. The second-order valence-corrected chi connectivity index (χ2v) is 10.5. The van der Waals surface area contributed by atoms with Gasteiger partial charge in [0.05, 0.1) is 29.3 Å². The van der Waals surface area contributed by atoms with Crippen molar-refractivity contribution in [2.75, 3.05) is 19.6 Å². The van der Waals surface area contributed by atoms with Crippen LogP contribution in [0.15, 0.2) is 42.5 Å². The molecule has 1 N–H and O–H groups in total. The summed E-state index contributed by atoms with van der Waals surface area (Å²) in [6.07, 6.45) is -9.06. The highest BCUT2D eigenvalue weighted by atomic mass is 19.4. The summed E-state index contributed by atoms with van der Waals surface area (Å²) in [7, 11) is 0. The number of hydrogen-bond donors (Lipinski definition) is 1. The number of aliphatic carboxylic acids is 1. The zero-order chi connectivity index (χ0) is 28.5. The molecule has 0 radical (unpaired) electrons. The quantitative estimate of drug-likeness (QED) is 0.361. The number of nitrogens with zero attached hydrogens (tertiary/aromatic N) is 1. The van der Waals surface area contributed by atoms with Gasteiger partial charge in [-0.3, -0.25) is 4.79 Å². The number of halogens is 7. The second-order valence-electron chi connectivity index (χ2n) is 10.5. The molecule has 2 aromatic rings. The van der Waals surface area contributed by atoms with Gasteiger partial charge in [0.1, 0.15) is 5.82 Å². The molecule has 39 heavy (non-hydrogen) atoms. The molecule has 2 aromatic carbocycles. The van der Waals surface area contributed by atoms with Crippen molar-refractivity contribution in [3.63, 3.8) is 0 Å². The van der Waals surface area contributed by atoms with E-state index in [1.165, 1.54) is 19.1 Å². The number of ether oxygens (including phenoxy) is 1. The van der Waals surface area contributed by atoms with Crippen LogP contribution >= 0.6 is 0 Å². The van der Waals surface area contributed by atoms with Crippen LogP contribution in [0.4, 0.5) is 30.7 Å². The van der Waals surface area contributed by atoms with E-state index in [9.17, 15) is 40.6 Å². The smallest absolute Gasteiger partial charge is 0.416 e. The first-order valence-electron chi connectivity index (χ1n) is 12.9. The molecule has 214 valence electrons. The average molecular weight is 562 g/mol. The highest BCUT2D eigenvalue weighted by molar-refractivity contribution is 5.70. The first-order valence-corrected chi connectivity index (χ1v) is 12.9. The molecule has 2 fully saturated rings. The molecule has 1 aliphatic carbocycles. The molecule has 5 atom stereocenters. The van der Waals surface area contributed by atoms with Crippen LogP contribution in [0.3, 0.4) is 0 Å². The van der Waals surface area contributed by atoms with Crippen molar-refractivity contribution in [2.45, 2.75) is 63.1 Å². The number of alkyl halides is 6. The van der Waals surface area contributed by atoms with Gasteiger partial charge in [0, 0.05) is 19.0 Å². The highest BCUT2D eigenvalue weighted by Crippen LogP contribution is 2.45. The summed E-state index contributed by atoms with van der Waals surface area (Å²) in [5.74, 6) is -2.09. The Morgan fingerprint density at radius 2 is 1.62 bits per heavy atom. The van der Waals surface area contributed by atoms with E-state index in [4.69, 9.17) is 4.74 Å². The van der Waals surface area contributed by atoms with E-state index in [0.29, 0.717) is 44.5 Å². The van der Waals surface area contributed by atoms with Crippen LogP contribution in [-0.2, 0) is 21.9 Å². The van der Waals surface area contributed by atoms with Crippen molar-refractivity contribution in [1.82, 2.24) is 4.90 Å². The number of carboxylic acid groups (broad SMARTS) is 1. The topological polar surface area (TPSA) is 49.8 Å². The number of benzene rings is 2. The van der Waals surface area contributed by atoms with E-state index in [2.05, 4.69) is 4.90 Å². The van der Waals surface area contributed by atoms with Gasteiger partial charge in [-0.2, -0.15) is 26.3 Å². The predicted molar refractivity (Wildman–Crippen MR) is 128 cm³/mol. The Morgan fingerprint density at radius 1 is 1.00 bits per heavy atom. The minimum absolute atomic E-state index is 0.0209. The van der Waals surface area contributed by atoms with Gasteiger partial charge >= 0.3 is 18.3 Å². The molecule has 2 aliphatic rings. The highest BCUT2D eigenvalue weighted by Gasteiger charge is 2.42. The normalized spacial score (nSPS) is 25.5. The van der Waals surface area contributed by atoms with E-state index in [-0.39, 0.29) is 23.5 Å². The molecule has 1 saturated carbocycles. The molecule has 1 aliphatic heterocycles. The fourth-order valence-electron chi connectivity index (χ4n) is 5.88. The van der Waals surface area contributed by atoms with Gasteiger partial charge in [0.2, 0.25) is 0 Å². The molecule has 0 aromatic heterocycles. The van der Waals surface area contributed by atoms with Crippen LogP contribution in [-0.4, -0.2) is 41.7 Å². The van der Waals surface area contributed by atoms with Crippen molar-refractivity contribution in [3.8, 4) is 0 Å². The van der Waals surface area contributed by atoms with Crippen LogP contribution in [0.5, 0.6) is 0 Å². The Balaban J connectivity index is 1.59. The summed E-state index contributed by atoms with van der Waals surface area (Å²) < 4.78 is 100. The average Bonchev–Trinajstić information content (AvgIpc) is 3.25. The number of carbonyl (C=O) groups is 1. The van der Waals surface area contributed by atoms with Crippen molar-refractivity contribution < 1.29 is 45.4 Å². The van der Waals surface area contributed by atoms with Crippen LogP contribution in [0.2, 0.25) is 0 Å². The maximum Gasteiger partial charge on any atom is 0.416 e. The SMILES string of the molecule is C[C@@H](OC1CCC(CN2CCC[C@@H](C(=O)O)C2)C1c1ccc(F)cc1)c1cc(C(F)(F)F)cc(C(F)(F)F)c1. The number of carboxylic acids is 1. The molecule has 1 heterocycles. The van der Waals surface area contributed by atoms with Gasteiger partial charge in [-0.25, -0.2) is 4.39 Å². The van der Waals surface area contributed by atoms with Crippen LogP contribution in [0.1, 0.15) is 66.9 Å². The first-order chi connectivity index (χ1) is 18.2. The maximum absolute atomic E-state index is 13.7. The lowest BCUT2D eigenvalue weighted by Crippen LogP contribution is -2.42. The Bertz CT molecular complexity index is 1120. The second kappa shape index (κ2) is 11.4. The molecule has 0 amide bonds. The molecular formula is C28H30F7NO3. The number of likely N-dealkylation sites (tertiary alicyclic amines) is 1. The van der Waals surface area contributed by atoms with E-state index < -0.39 is 53.4 Å². The molecule has 3 unspecified atom stereocenters. The summed E-state index contributed by atoms with van der Waals surface area (Å²) in [6.45, 7) is 3.10. The minimum atomic E-state index is -4.97. The van der Waals surface area contributed by atoms with E-state index in [0.717, 1.165) is 18.5 Å². The Hall–Kier alpha value is -2.66. The van der Waals surface area contributed by atoms with Gasteiger partial charge in [0.25, 0.3) is 0 Å². The van der Waals surface area contributed by atoms with Crippen LogP contribution < -0.4 is 0 Å². The predicted octanol–water partition coefficient (Wildman–Crippen LogP) is 7.30. The number of piperidine rings is 1. The third-order valence-electron chi connectivity index (χ3n) is 7.79. The molecular weight excluding hydrogens is 531 g/mol. The molecule has 11 heteroatoms. The fraction of sp³-hybridized carbons (Fsp3) is 0.536. The Kier molecular flexibility index (Phi) is 8.61. The van der Waals surface area contributed by atoms with E-state index in [1.54, 1.807) is 12.1 Å². The number of rotatable bonds is 7.